The highest BCUT2D eigenvalue weighted by Gasteiger charge is 2.15. The molecular formula is C44H29N3O. The fourth-order valence-corrected chi connectivity index (χ4v) is 6.59. The Labute approximate surface area is 278 Å². The summed E-state index contributed by atoms with van der Waals surface area (Å²) in [5.74, 6) is 1.19. The fourth-order valence-electron chi connectivity index (χ4n) is 6.59. The molecule has 226 valence electrons. The van der Waals surface area contributed by atoms with Crippen LogP contribution >= 0.6 is 0 Å². The molecule has 0 aliphatic rings. The minimum Gasteiger partial charge on any atom is -0.461 e. The summed E-state index contributed by atoms with van der Waals surface area (Å²) in [7, 11) is 0. The van der Waals surface area contributed by atoms with Crippen LogP contribution in [0.25, 0.3) is 83.8 Å². The van der Waals surface area contributed by atoms with E-state index in [1.165, 1.54) is 27.4 Å². The van der Waals surface area contributed by atoms with Crippen molar-refractivity contribution in [2.75, 3.05) is 0 Å². The highest BCUT2D eigenvalue weighted by atomic mass is 16.3. The summed E-state index contributed by atoms with van der Waals surface area (Å²) < 4.78 is 8.11. The SMILES string of the molecule is c1ccc(-c2ccc(-c3cc(-c4cccc(-c5ccc6c7ccccc7n(-c7ccccc7)c6c5)c4)nc(-c4ccco4)n3)cc2)cc1. The summed E-state index contributed by atoms with van der Waals surface area (Å²) in [6, 6.07) is 59.3. The number of para-hydroxylation sites is 2. The molecule has 0 atom stereocenters. The van der Waals surface area contributed by atoms with Crippen LogP contribution in [0.3, 0.4) is 0 Å². The lowest BCUT2D eigenvalue weighted by Crippen LogP contribution is -1.95. The van der Waals surface area contributed by atoms with Crippen molar-refractivity contribution in [3.05, 3.63) is 176 Å². The minimum absolute atomic E-state index is 0.554. The molecule has 0 bridgehead atoms. The van der Waals surface area contributed by atoms with Crippen LogP contribution in [0.4, 0.5) is 0 Å². The Morgan fingerprint density at radius 3 is 1.79 bits per heavy atom. The van der Waals surface area contributed by atoms with Gasteiger partial charge in [-0.3, -0.25) is 0 Å². The lowest BCUT2D eigenvalue weighted by molar-refractivity contribution is 0.577. The van der Waals surface area contributed by atoms with E-state index in [1.54, 1.807) is 6.26 Å². The Kier molecular flexibility index (Phi) is 6.76. The molecule has 3 heterocycles. The van der Waals surface area contributed by atoms with Crippen LogP contribution in [0.1, 0.15) is 0 Å². The second-order valence-electron chi connectivity index (χ2n) is 11.9. The van der Waals surface area contributed by atoms with Gasteiger partial charge in [0.2, 0.25) is 0 Å². The van der Waals surface area contributed by atoms with Gasteiger partial charge < -0.3 is 8.98 Å². The lowest BCUT2D eigenvalue weighted by Gasteiger charge is -2.11. The number of hydrogen-bond acceptors (Lipinski definition) is 3. The smallest absolute Gasteiger partial charge is 0.196 e. The van der Waals surface area contributed by atoms with E-state index >= 15 is 0 Å². The summed E-state index contributed by atoms with van der Waals surface area (Å²) in [6.45, 7) is 0. The van der Waals surface area contributed by atoms with Gasteiger partial charge in [-0.1, -0.05) is 121 Å². The Morgan fingerprint density at radius 1 is 0.396 bits per heavy atom. The Hall–Kier alpha value is -6.52. The van der Waals surface area contributed by atoms with Gasteiger partial charge in [0, 0.05) is 27.6 Å². The highest BCUT2D eigenvalue weighted by molar-refractivity contribution is 6.10. The molecule has 0 radical (unpaired) electrons. The molecule has 0 spiro atoms. The van der Waals surface area contributed by atoms with Gasteiger partial charge in [-0.2, -0.15) is 0 Å². The van der Waals surface area contributed by atoms with Crippen molar-refractivity contribution in [2.24, 2.45) is 0 Å². The summed E-state index contributed by atoms with van der Waals surface area (Å²) in [4.78, 5) is 9.94. The van der Waals surface area contributed by atoms with E-state index in [0.29, 0.717) is 11.6 Å². The maximum absolute atomic E-state index is 5.76. The van der Waals surface area contributed by atoms with Crippen LogP contribution in [-0.4, -0.2) is 14.5 Å². The third kappa shape index (κ3) is 4.97. The summed E-state index contributed by atoms with van der Waals surface area (Å²) in [5.41, 5.74) is 11.8. The van der Waals surface area contributed by atoms with Gasteiger partial charge in [-0.15, -0.1) is 0 Å². The first-order valence-electron chi connectivity index (χ1n) is 16.1. The first-order valence-corrected chi connectivity index (χ1v) is 16.1. The van der Waals surface area contributed by atoms with Gasteiger partial charge in [-0.05, 0) is 70.8 Å². The second-order valence-corrected chi connectivity index (χ2v) is 11.9. The summed E-state index contributed by atoms with van der Waals surface area (Å²) in [6.07, 6.45) is 1.66. The van der Waals surface area contributed by atoms with Gasteiger partial charge in [0.15, 0.2) is 11.6 Å². The van der Waals surface area contributed by atoms with Crippen molar-refractivity contribution in [1.29, 1.82) is 0 Å². The molecule has 0 amide bonds. The van der Waals surface area contributed by atoms with Crippen LogP contribution in [0, 0.1) is 0 Å². The van der Waals surface area contributed by atoms with Crippen LogP contribution in [0.2, 0.25) is 0 Å². The predicted octanol–water partition coefficient (Wildman–Crippen LogP) is 11.5. The predicted molar refractivity (Wildman–Crippen MR) is 196 cm³/mol. The zero-order valence-corrected chi connectivity index (χ0v) is 26.0. The quantitative estimate of drug-likeness (QED) is 0.187. The highest BCUT2D eigenvalue weighted by Crippen LogP contribution is 2.36. The first-order chi connectivity index (χ1) is 23.8. The molecule has 9 rings (SSSR count). The van der Waals surface area contributed by atoms with Gasteiger partial charge in [0.05, 0.1) is 28.7 Å². The van der Waals surface area contributed by atoms with E-state index in [9.17, 15) is 0 Å². The zero-order valence-electron chi connectivity index (χ0n) is 26.0. The maximum Gasteiger partial charge on any atom is 0.196 e. The third-order valence-corrected chi connectivity index (χ3v) is 8.94. The van der Waals surface area contributed by atoms with Crippen molar-refractivity contribution in [3.63, 3.8) is 0 Å². The number of hydrogen-bond donors (Lipinski definition) is 0. The average Bonchev–Trinajstić information content (AvgIpc) is 3.83. The van der Waals surface area contributed by atoms with E-state index in [0.717, 1.165) is 44.9 Å². The molecule has 0 N–H and O–H groups in total. The molecule has 0 unspecified atom stereocenters. The molecule has 0 aliphatic carbocycles. The average molecular weight is 616 g/mol. The van der Waals surface area contributed by atoms with Crippen molar-refractivity contribution < 1.29 is 4.42 Å². The molecule has 4 nitrogen and oxygen atoms in total. The molecule has 4 heteroatoms. The largest absolute Gasteiger partial charge is 0.461 e. The van der Waals surface area contributed by atoms with E-state index in [1.807, 2.05) is 18.2 Å². The molecule has 0 aliphatic heterocycles. The third-order valence-electron chi connectivity index (χ3n) is 8.94. The molecule has 0 fully saturated rings. The number of rotatable bonds is 6. The number of benzene rings is 6. The minimum atomic E-state index is 0.554. The fraction of sp³-hybridized carbons (Fsp3) is 0. The van der Waals surface area contributed by atoms with Gasteiger partial charge in [0.1, 0.15) is 0 Å². The number of fused-ring (bicyclic) bond motifs is 3. The Morgan fingerprint density at radius 2 is 1.00 bits per heavy atom. The van der Waals surface area contributed by atoms with Crippen molar-refractivity contribution >= 4 is 21.8 Å². The maximum atomic E-state index is 5.76. The van der Waals surface area contributed by atoms with Crippen molar-refractivity contribution in [3.8, 4) is 62.0 Å². The standard InChI is InChI=1S/C44H29N3O/c1-3-11-30(12-4-1)31-20-22-32(23-21-31)39-29-40(46-44(45-39)43-19-10-26-48-43)35-14-9-13-33(27-35)34-24-25-38-37-17-7-8-18-41(37)47(42(38)28-34)36-15-5-2-6-16-36/h1-29H. The molecule has 9 aromatic rings. The summed E-state index contributed by atoms with van der Waals surface area (Å²) >= 11 is 0. The summed E-state index contributed by atoms with van der Waals surface area (Å²) in [5, 5.41) is 2.48. The van der Waals surface area contributed by atoms with Gasteiger partial charge >= 0.3 is 0 Å². The second kappa shape index (κ2) is 11.7. The molecular weight excluding hydrogens is 587 g/mol. The number of aromatic nitrogens is 3. The monoisotopic (exact) mass is 615 g/mol. The van der Waals surface area contributed by atoms with Crippen molar-refractivity contribution in [2.45, 2.75) is 0 Å². The van der Waals surface area contributed by atoms with Gasteiger partial charge in [-0.25, -0.2) is 9.97 Å². The van der Waals surface area contributed by atoms with E-state index in [4.69, 9.17) is 14.4 Å². The topological polar surface area (TPSA) is 43.9 Å². The first kappa shape index (κ1) is 27.8. The molecule has 0 saturated heterocycles. The van der Waals surface area contributed by atoms with Crippen LogP contribution < -0.4 is 0 Å². The Bertz CT molecular complexity index is 2530. The van der Waals surface area contributed by atoms with E-state index in [2.05, 4.69) is 156 Å². The molecule has 48 heavy (non-hydrogen) atoms. The van der Waals surface area contributed by atoms with E-state index < -0.39 is 0 Å². The molecule has 0 saturated carbocycles. The lowest BCUT2D eigenvalue weighted by atomic mass is 9.99. The molecule has 6 aromatic carbocycles. The van der Waals surface area contributed by atoms with Gasteiger partial charge in [0.25, 0.3) is 0 Å². The normalized spacial score (nSPS) is 11.3. The zero-order chi connectivity index (χ0) is 31.9. The van der Waals surface area contributed by atoms with Crippen LogP contribution in [0.15, 0.2) is 181 Å². The number of nitrogens with zero attached hydrogens (tertiary/aromatic N) is 3. The molecule has 3 aromatic heterocycles. The number of furan rings is 1. The van der Waals surface area contributed by atoms with Crippen LogP contribution in [-0.2, 0) is 0 Å². The van der Waals surface area contributed by atoms with Crippen molar-refractivity contribution in [1.82, 2.24) is 14.5 Å². The Balaban J connectivity index is 1.15. The van der Waals surface area contributed by atoms with E-state index in [-0.39, 0.29) is 0 Å². The van der Waals surface area contributed by atoms with Crippen LogP contribution in [0.5, 0.6) is 0 Å².